The van der Waals surface area contributed by atoms with Gasteiger partial charge in [-0.05, 0) is 24.1 Å². The predicted molar refractivity (Wildman–Crippen MR) is 66.6 cm³/mol. The quantitative estimate of drug-likeness (QED) is 0.827. The second-order valence-electron chi connectivity index (χ2n) is 3.90. The lowest BCUT2D eigenvalue weighted by atomic mass is 10.2. The van der Waals surface area contributed by atoms with Gasteiger partial charge in [0.25, 0.3) is 0 Å². The van der Waals surface area contributed by atoms with Crippen molar-refractivity contribution in [3.05, 3.63) is 42.0 Å². The Balaban J connectivity index is 1.96. The third-order valence-electron chi connectivity index (χ3n) is 2.50. The Kier molecular flexibility index (Phi) is 3.57. The average Bonchev–Trinajstić information content (AvgIpc) is 2.75. The van der Waals surface area contributed by atoms with E-state index in [2.05, 4.69) is 15.4 Å². The van der Waals surface area contributed by atoms with Crippen LogP contribution in [0.4, 0.5) is 5.69 Å². The molecule has 0 bridgehead atoms. The van der Waals surface area contributed by atoms with E-state index in [0.717, 1.165) is 12.0 Å². The highest BCUT2D eigenvalue weighted by Gasteiger charge is 2.10. The highest BCUT2D eigenvalue weighted by Crippen LogP contribution is 2.12. The van der Waals surface area contributed by atoms with Crippen LogP contribution in [-0.2, 0) is 13.5 Å². The van der Waals surface area contributed by atoms with Crippen LogP contribution >= 0.6 is 0 Å². The number of nitrogens with one attached hydrogen (secondary N) is 1. The summed E-state index contributed by atoms with van der Waals surface area (Å²) in [5.41, 5.74) is 1.68. The standard InChI is InChI=1S/C12H14N4O2/c1-16-8-9(7-15-16)4-6-13-10-3-2-5-14-11(10)12(17)18/h2-3,5,7-8,13H,4,6H2,1H3,(H,17,18). The maximum atomic E-state index is 10.9. The van der Waals surface area contributed by atoms with Crippen molar-refractivity contribution in [3.8, 4) is 0 Å². The molecule has 0 fully saturated rings. The van der Waals surface area contributed by atoms with Crippen LogP contribution in [0.2, 0.25) is 0 Å². The van der Waals surface area contributed by atoms with E-state index in [1.165, 1.54) is 6.20 Å². The van der Waals surface area contributed by atoms with Crippen molar-refractivity contribution >= 4 is 11.7 Å². The summed E-state index contributed by atoms with van der Waals surface area (Å²) >= 11 is 0. The Morgan fingerprint density at radius 1 is 1.56 bits per heavy atom. The van der Waals surface area contributed by atoms with E-state index < -0.39 is 5.97 Å². The molecule has 6 heteroatoms. The molecule has 2 heterocycles. The van der Waals surface area contributed by atoms with E-state index in [1.807, 2.05) is 13.2 Å². The molecule has 18 heavy (non-hydrogen) atoms. The molecule has 0 unspecified atom stereocenters. The first kappa shape index (κ1) is 12.1. The monoisotopic (exact) mass is 246 g/mol. The Hall–Kier alpha value is -2.37. The molecule has 0 radical (unpaired) electrons. The Morgan fingerprint density at radius 3 is 3.06 bits per heavy atom. The van der Waals surface area contributed by atoms with Crippen LogP contribution in [0, 0.1) is 0 Å². The minimum Gasteiger partial charge on any atom is -0.476 e. The Morgan fingerprint density at radius 2 is 2.39 bits per heavy atom. The summed E-state index contributed by atoms with van der Waals surface area (Å²) in [6.45, 7) is 0.637. The number of hydrogen-bond acceptors (Lipinski definition) is 4. The van der Waals surface area contributed by atoms with Crippen molar-refractivity contribution in [3.63, 3.8) is 0 Å². The van der Waals surface area contributed by atoms with Gasteiger partial charge >= 0.3 is 5.97 Å². The predicted octanol–water partition coefficient (Wildman–Crippen LogP) is 1.17. The molecule has 2 aromatic heterocycles. The minimum atomic E-state index is -1.03. The number of nitrogens with zero attached hydrogens (tertiary/aromatic N) is 3. The first-order valence-corrected chi connectivity index (χ1v) is 5.56. The molecule has 0 aromatic carbocycles. The van der Waals surface area contributed by atoms with Gasteiger partial charge in [-0.1, -0.05) is 0 Å². The second kappa shape index (κ2) is 5.31. The van der Waals surface area contributed by atoms with E-state index >= 15 is 0 Å². The smallest absolute Gasteiger partial charge is 0.356 e. The fourth-order valence-corrected chi connectivity index (χ4v) is 1.66. The third kappa shape index (κ3) is 2.85. The summed E-state index contributed by atoms with van der Waals surface area (Å²) in [5, 5.41) is 16.1. The van der Waals surface area contributed by atoms with Gasteiger partial charge in [0.05, 0.1) is 11.9 Å². The van der Waals surface area contributed by atoms with Gasteiger partial charge in [0, 0.05) is 26.0 Å². The van der Waals surface area contributed by atoms with Gasteiger partial charge in [-0.3, -0.25) is 4.68 Å². The van der Waals surface area contributed by atoms with Crippen LogP contribution in [0.1, 0.15) is 16.1 Å². The lowest BCUT2D eigenvalue weighted by molar-refractivity contribution is 0.0691. The van der Waals surface area contributed by atoms with Crippen molar-refractivity contribution in [2.45, 2.75) is 6.42 Å². The molecule has 2 aromatic rings. The van der Waals surface area contributed by atoms with Crippen LogP contribution in [0.3, 0.4) is 0 Å². The fourth-order valence-electron chi connectivity index (χ4n) is 1.66. The number of hydrogen-bond donors (Lipinski definition) is 2. The fraction of sp³-hybridized carbons (Fsp3) is 0.250. The number of carboxylic acid groups (broad SMARTS) is 1. The SMILES string of the molecule is Cn1cc(CCNc2cccnc2C(=O)O)cn1. The zero-order valence-corrected chi connectivity index (χ0v) is 10.00. The molecule has 94 valence electrons. The molecular formula is C12H14N4O2. The minimum absolute atomic E-state index is 0.0451. The summed E-state index contributed by atoms with van der Waals surface area (Å²) in [6.07, 6.45) is 5.98. The Bertz CT molecular complexity index is 551. The maximum absolute atomic E-state index is 10.9. The number of carbonyl (C=O) groups is 1. The highest BCUT2D eigenvalue weighted by atomic mass is 16.4. The summed E-state index contributed by atoms with van der Waals surface area (Å²) in [4.78, 5) is 14.8. The summed E-state index contributed by atoms with van der Waals surface area (Å²) in [7, 11) is 1.86. The number of aromatic carboxylic acids is 1. The van der Waals surface area contributed by atoms with E-state index in [0.29, 0.717) is 12.2 Å². The van der Waals surface area contributed by atoms with Gasteiger partial charge in [0.2, 0.25) is 0 Å². The molecule has 0 saturated carbocycles. The highest BCUT2D eigenvalue weighted by molar-refractivity contribution is 5.91. The molecule has 0 spiro atoms. The lowest BCUT2D eigenvalue weighted by Gasteiger charge is -2.07. The normalized spacial score (nSPS) is 10.3. The van der Waals surface area contributed by atoms with Gasteiger partial charge in [-0.15, -0.1) is 0 Å². The molecule has 0 saturated heterocycles. The van der Waals surface area contributed by atoms with Crippen molar-refractivity contribution in [2.24, 2.45) is 7.05 Å². The summed E-state index contributed by atoms with van der Waals surface area (Å²) in [5.74, 6) is -1.03. The van der Waals surface area contributed by atoms with E-state index in [1.54, 1.807) is 23.0 Å². The maximum Gasteiger partial charge on any atom is 0.356 e. The molecule has 0 atom stereocenters. The number of aromatic nitrogens is 3. The van der Waals surface area contributed by atoms with Crippen molar-refractivity contribution in [1.29, 1.82) is 0 Å². The van der Waals surface area contributed by atoms with E-state index in [-0.39, 0.29) is 5.69 Å². The molecular weight excluding hydrogens is 232 g/mol. The van der Waals surface area contributed by atoms with Gasteiger partial charge in [0.15, 0.2) is 5.69 Å². The average molecular weight is 246 g/mol. The third-order valence-corrected chi connectivity index (χ3v) is 2.50. The van der Waals surface area contributed by atoms with E-state index in [4.69, 9.17) is 5.11 Å². The number of pyridine rings is 1. The molecule has 6 nitrogen and oxygen atoms in total. The van der Waals surface area contributed by atoms with Crippen molar-refractivity contribution in [2.75, 3.05) is 11.9 Å². The number of rotatable bonds is 5. The first-order valence-electron chi connectivity index (χ1n) is 5.56. The second-order valence-corrected chi connectivity index (χ2v) is 3.90. The van der Waals surface area contributed by atoms with Crippen LogP contribution < -0.4 is 5.32 Å². The number of carboxylic acids is 1. The number of anilines is 1. The van der Waals surface area contributed by atoms with Crippen molar-refractivity contribution in [1.82, 2.24) is 14.8 Å². The summed E-state index contributed by atoms with van der Waals surface area (Å²) < 4.78 is 1.74. The lowest BCUT2D eigenvalue weighted by Crippen LogP contribution is -2.10. The molecule has 0 aliphatic carbocycles. The van der Waals surface area contributed by atoms with Gasteiger partial charge in [-0.25, -0.2) is 9.78 Å². The van der Waals surface area contributed by atoms with Crippen LogP contribution in [0.5, 0.6) is 0 Å². The zero-order valence-electron chi connectivity index (χ0n) is 10.00. The van der Waals surface area contributed by atoms with Gasteiger partial charge < -0.3 is 10.4 Å². The van der Waals surface area contributed by atoms with Gasteiger partial charge in [-0.2, -0.15) is 5.10 Å². The van der Waals surface area contributed by atoms with E-state index in [9.17, 15) is 4.79 Å². The topological polar surface area (TPSA) is 80.0 Å². The molecule has 0 aliphatic heterocycles. The molecule has 0 amide bonds. The summed E-state index contributed by atoms with van der Waals surface area (Å²) in [6, 6.07) is 3.42. The van der Waals surface area contributed by atoms with Crippen molar-refractivity contribution < 1.29 is 9.90 Å². The molecule has 0 aliphatic rings. The van der Waals surface area contributed by atoms with Crippen LogP contribution in [0.15, 0.2) is 30.7 Å². The zero-order chi connectivity index (χ0) is 13.0. The van der Waals surface area contributed by atoms with Crippen LogP contribution in [0.25, 0.3) is 0 Å². The van der Waals surface area contributed by atoms with Crippen LogP contribution in [-0.4, -0.2) is 32.4 Å². The number of aryl methyl sites for hydroxylation is 1. The largest absolute Gasteiger partial charge is 0.476 e. The Labute approximate surface area is 104 Å². The first-order chi connectivity index (χ1) is 8.66. The molecule has 2 N–H and O–H groups in total. The van der Waals surface area contributed by atoms with Gasteiger partial charge in [0.1, 0.15) is 0 Å². The molecule has 2 rings (SSSR count).